The fraction of sp³-hybridized carbons (Fsp3) is 0.273. The molecule has 27 heavy (non-hydrogen) atoms. The summed E-state index contributed by atoms with van der Waals surface area (Å²) >= 11 is 0. The molecular formula is C22H24FN3O. The molecule has 1 amide bonds. The van der Waals surface area contributed by atoms with Gasteiger partial charge in [0.1, 0.15) is 5.82 Å². The Morgan fingerprint density at radius 2 is 1.63 bits per heavy atom. The van der Waals surface area contributed by atoms with Gasteiger partial charge < -0.3 is 5.32 Å². The molecule has 0 aliphatic carbocycles. The number of nitrogens with one attached hydrogen (secondary N) is 1. The van der Waals surface area contributed by atoms with Crippen LogP contribution >= 0.6 is 0 Å². The van der Waals surface area contributed by atoms with Crippen LogP contribution in [-0.4, -0.2) is 22.2 Å². The normalized spacial score (nSPS) is 10.8. The van der Waals surface area contributed by atoms with Gasteiger partial charge in [-0.05, 0) is 68.1 Å². The zero-order valence-corrected chi connectivity index (χ0v) is 15.7. The van der Waals surface area contributed by atoms with Crippen molar-refractivity contribution in [3.8, 4) is 5.69 Å². The van der Waals surface area contributed by atoms with Crippen LogP contribution < -0.4 is 5.32 Å². The van der Waals surface area contributed by atoms with E-state index in [9.17, 15) is 9.18 Å². The summed E-state index contributed by atoms with van der Waals surface area (Å²) in [6.45, 7) is 4.57. The average Bonchev–Trinajstić information content (AvgIpc) is 3.00. The lowest BCUT2D eigenvalue weighted by atomic mass is 10.1. The third-order valence-corrected chi connectivity index (χ3v) is 4.48. The third kappa shape index (κ3) is 5.26. The van der Waals surface area contributed by atoms with Crippen molar-refractivity contribution in [2.24, 2.45) is 0 Å². The second-order valence-electron chi connectivity index (χ2n) is 6.73. The number of carbonyl (C=O) groups excluding carboxylic acids is 1. The number of aromatic nitrogens is 2. The lowest BCUT2D eigenvalue weighted by Gasteiger charge is -2.07. The number of rotatable bonds is 7. The number of benzene rings is 2. The summed E-state index contributed by atoms with van der Waals surface area (Å²) in [4.78, 5) is 12.0. The Hall–Kier alpha value is -2.95. The van der Waals surface area contributed by atoms with Gasteiger partial charge >= 0.3 is 0 Å². The van der Waals surface area contributed by atoms with E-state index in [1.165, 1.54) is 12.1 Å². The number of aryl methyl sites for hydroxylation is 3. The molecule has 0 fully saturated rings. The van der Waals surface area contributed by atoms with E-state index in [-0.39, 0.29) is 11.7 Å². The maximum Gasteiger partial charge on any atom is 0.220 e. The van der Waals surface area contributed by atoms with Gasteiger partial charge in [0.25, 0.3) is 0 Å². The van der Waals surface area contributed by atoms with Gasteiger partial charge in [-0.2, -0.15) is 5.10 Å². The predicted octanol–water partition coefficient (Wildman–Crippen LogP) is 3.92. The highest BCUT2D eigenvalue weighted by molar-refractivity contribution is 5.76. The topological polar surface area (TPSA) is 46.9 Å². The second-order valence-corrected chi connectivity index (χ2v) is 6.73. The van der Waals surface area contributed by atoms with Crippen LogP contribution in [0.1, 0.15) is 28.9 Å². The number of nitrogens with zero attached hydrogens (tertiary/aromatic N) is 2. The third-order valence-electron chi connectivity index (χ3n) is 4.48. The maximum atomic E-state index is 12.9. The van der Waals surface area contributed by atoms with E-state index in [1.54, 1.807) is 12.1 Å². The molecule has 0 bridgehead atoms. The van der Waals surface area contributed by atoms with Crippen molar-refractivity contribution >= 4 is 5.91 Å². The van der Waals surface area contributed by atoms with E-state index in [0.717, 1.165) is 28.2 Å². The van der Waals surface area contributed by atoms with Gasteiger partial charge in [-0.25, -0.2) is 9.07 Å². The van der Waals surface area contributed by atoms with Gasteiger partial charge in [-0.1, -0.05) is 24.3 Å². The van der Waals surface area contributed by atoms with Crippen LogP contribution in [0.2, 0.25) is 0 Å². The minimum atomic E-state index is -0.244. The number of carbonyl (C=O) groups is 1. The highest BCUT2D eigenvalue weighted by Crippen LogP contribution is 2.14. The van der Waals surface area contributed by atoms with Crippen LogP contribution in [0.25, 0.3) is 5.69 Å². The Morgan fingerprint density at radius 1 is 1.00 bits per heavy atom. The summed E-state index contributed by atoms with van der Waals surface area (Å²) in [5, 5.41) is 7.40. The summed E-state index contributed by atoms with van der Waals surface area (Å²) in [5.41, 5.74) is 5.24. The molecule has 0 aliphatic rings. The number of halogens is 1. The van der Waals surface area contributed by atoms with Crippen LogP contribution in [0.5, 0.6) is 0 Å². The number of amides is 1. The molecule has 1 N–H and O–H groups in total. The molecule has 0 saturated carbocycles. The van der Waals surface area contributed by atoms with Crippen molar-refractivity contribution in [3.05, 3.63) is 82.9 Å². The molecule has 0 saturated heterocycles. The Labute approximate surface area is 159 Å². The predicted molar refractivity (Wildman–Crippen MR) is 104 cm³/mol. The van der Waals surface area contributed by atoms with E-state index in [1.807, 2.05) is 48.9 Å². The van der Waals surface area contributed by atoms with Gasteiger partial charge in [-0.3, -0.25) is 4.79 Å². The van der Waals surface area contributed by atoms with Crippen molar-refractivity contribution in [1.29, 1.82) is 0 Å². The van der Waals surface area contributed by atoms with Crippen molar-refractivity contribution < 1.29 is 9.18 Å². The molecule has 2 aromatic carbocycles. The van der Waals surface area contributed by atoms with Crippen LogP contribution in [0.3, 0.4) is 0 Å². The Morgan fingerprint density at radius 3 is 2.26 bits per heavy atom. The van der Waals surface area contributed by atoms with Crippen molar-refractivity contribution in [2.45, 2.75) is 33.1 Å². The smallest absolute Gasteiger partial charge is 0.220 e. The molecule has 0 atom stereocenters. The van der Waals surface area contributed by atoms with Gasteiger partial charge in [0.2, 0.25) is 5.91 Å². The summed E-state index contributed by atoms with van der Waals surface area (Å²) in [6, 6.07) is 16.5. The lowest BCUT2D eigenvalue weighted by Crippen LogP contribution is -2.25. The van der Waals surface area contributed by atoms with Crippen LogP contribution in [0, 0.1) is 19.7 Å². The zero-order valence-electron chi connectivity index (χ0n) is 15.7. The molecule has 0 unspecified atom stereocenters. The van der Waals surface area contributed by atoms with Gasteiger partial charge in [0.05, 0.1) is 11.4 Å². The molecule has 0 radical (unpaired) electrons. The largest absolute Gasteiger partial charge is 0.356 e. The Bertz CT molecular complexity index is 898. The highest BCUT2D eigenvalue weighted by Gasteiger charge is 2.05. The summed E-state index contributed by atoms with van der Waals surface area (Å²) in [7, 11) is 0. The van der Waals surface area contributed by atoms with Gasteiger partial charge in [0, 0.05) is 18.7 Å². The summed E-state index contributed by atoms with van der Waals surface area (Å²) < 4.78 is 14.8. The lowest BCUT2D eigenvalue weighted by molar-refractivity contribution is -0.121. The first-order chi connectivity index (χ1) is 13.0. The standard InChI is InChI=1S/C22H24FN3O/c1-16-15-17(2)26(25-16)21-10-5-18(6-11-21)7-12-22(27)24-14-13-19-3-8-20(23)9-4-19/h3-6,8-11,15H,7,12-14H2,1-2H3,(H,24,27). The summed E-state index contributed by atoms with van der Waals surface area (Å²) in [6.07, 6.45) is 1.84. The van der Waals surface area contributed by atoms with E-state index >= 15 is 0 Å². The zero-order chi connectivity index (χ0) is 19.2. The van der Waals surface area contributed by atoms with Gasteiger partial charge in [0.15, 0.2) is 0 Å². The van der Waals surface area contributed by atoms with Crippen LogP contribution in [0.4, 0.5) is 4.39 Å². The molecule has 3 aromatic rings. The molecular weight excluding hydrogens is 341 g/mol. The molecule has 3 rings (SSSR count). The maximum absolute atomic E-state index is 12.9. The molecule has 5 heteroatoms. The molecule has 140 valence electrons. The number of hydrogen-bond acceptors (Lipinski definition) is 2. The Kier molecular flexibility index (Phi) is 6.01. The number of hydrogen-bond donors (Lipinski definition) is 1. The SMILES string of the molecule is Cc1cc(C)n(-c2ccc(CCC(=O)NCCc3ccc(F)cc3)cc2)n1. The first-order valence-corrected chi connectivity index (χ1v) is 9.15. The minimum absolute atomic E-state index is 0.0275. The van der Waals surface area contributed by atoms with Crippen LogP contribution in [-0.2, 0) is 17.6 Å². The van der Waals surface area contributed by atoms with Crippen LogP contribution in [0.15, 0.2) is 54.6 Å². The Balaban J connectivity index is 1.44. The minimum Gasteiger partial charge on any atom is -0.356 e. The molecule has 0 aliphatic heterocycles. The van der Waals surface area contributed by atoms with Gasteiger partial charge in [-0.15, -0.1) is 0 Å². The van der Waals surface area contributed by atoms with Crippen molar-refractivity contribution in [1.82, 2.24) is 15.1 Å². The fourth-order valence-corrected chi connectivity index (χ4v) is 3.04. The molecule has 4 nitrogen and oxygen atoms in total. The highest BCUT2D eigenvalue weighted by atomic mass is 19.1. The molecule has 1 heterocycles. The van der Waals surface area contributed by atoms with E-state index in [0.29, 0.717) is 25.8 Å². The van der Waals surface area contributed by atoms with E-state index in [4.69, 9.17) is 0 Å². The fourth-order valence-electron chi connectivity index (χ4n) is 3.04. The van der Waals surface area contributed by atoms with Crippen molar-refractivity contribution in [3.63, 3.8) is 0 Å². The summed E-state index contributed by atoms with van der Waals surface area (Å²) in [5.74, 6) is -0.216. The van der Waals surface area contributed by atoms with E-state index in [2.05, 4.69) is 10.4 Å². The molecule has 1 aromatic heterocycles. The quantitative estimate of drug-likeness (QED) is 0.690. The second kappa shape index (κ2) is 8.62. The van der Waals surface area contributed by atoms with Crippen molar-refractivity contribution in [2.75, 3.05) is 6.54 Å². The molecule has 0 spiro atoms. The first-order valence-electron chi connectivity index (χ1n) is 9.15. The first kappa shape index (κ1) is 18.8. The monoisotopic (exact) mass is 365 g/mol. The van der Waals surface area contributed by atoms with E-state index < -0.39 is 0 Å². The average molecular weight is 365 g/mol.